The summed E-state index contributed by atoms with van der Waals surface area (Å²) in [6.45, 7) is 8.56. The number of piperidine rings is 1. The van der Waals surface area contributed by atoms with E-state index in [9.17, 15) is 0 Å². The predicted octanol–water partition coefficient (Wildman–Crippen LogP) is 4.68. The second-order valence-electron chi connectivity index (χ2n) is 9.34. The number of nitrogens with one attached hydrogen (secondary N) is 2. The average Bonchev–Trinajstić information content (AvgIpc) is 2.90. The van der Waals surface area contributed by atoms with Crippen LogP contribution in [-0.4, -0.2) is 63.8 Å². The fraction of sp³-hybridized carbons (Fsp3) is 0.621. The molecule has 0 bridgehead atoms. The molecular weight excluding hydrogens is 418 g/mol. The first kappa shape index (κ1) is 28.3. The SMILES string of the molecule is CC.CN(C)C1CCN(c2cccc3c2CCNC3)CC1.CNC.c1cnc2c(c1)CCCC2. The van der Waals surface area contributed by atoms with Gasteiger partial charge >= 0.3 is 0 Å². The molecular formula is C29H49N5. The van der Waals surface area contributed by atoms with E-state index in [2.05, 4.69) is 63.8 Å². The Bertz CT molecular complexity index is 787. The summed E-state index contributed by atoms with van der Waals surface area (Å²) in [6, 6.07) is 11.8. The van der Waals surface area contributed by atoms with Gasteiger partial charge in [-0.2, -0.15) is 0 Å². The summed E-state index contributed by atoms with van der Waals surface area (Å²) >= 11 is 0. The highest BCUT2D eigenvalue weighted by molar-refractivity contribution is 5.58. The van der Waals surface area contributed by atoms with Crippen molar-refractivity contribution in [1.29, 1.82) is 0 Å². The van der Waals surface area contributed by atoms with Crippen molar-refractivity contribution >= 4 is 5.69 Å². The molecule has 1 aliphatic carbocycles. The van der Waals surface area contributed by atoms with Crippen molar-refractivity contribution in [2.75, 3.05) is 52.7 Å². The van der Waals surface area contributed by atoms with Gasteiger partial charge in [0.2, 0.25) is 0 Å². The second kappa shape index (κ2) is 15.9. The van der Waals surface area contributed by atoms with Crippen LogP contribution in [0, 0.1) is 0 Å². The highest BCUT2D eigenvalue weighted by atomic mass is 15.2. The molecule has 2 aromatic rings. The molecule has 0 unspecified atom stereocenters. The smallest absolute Gasteiger partial charge is 0.0435 e. The molecule has 5 heteroatoms. The van der Waals surface area contributed by atoms with E-state index in [1.54, 1.807) is 5.56 Å². The highest BCUT2D eigenvalue weighted by Crippen LogP contribution is 2.29. The van der Waals surface area contributed by atoms with Gasteiger partial charge in [-0.15, -0.1) is 0 Å². The molecule has 3 aliphatic rings. The van der Waals surface area contributed by atoms with Crippen LogP contribution < -0.4 is 15.5 Å². The number of aromatic nitrogens is 1. The molecule has 0 radical (unpaired) electrons. The first-order valence-corrected chi connectivity index (χ1v) is 13.4. The zero-order valence-corrected chi connectivity index (χ0v) is 22.7. The van der Waals surface area contributed by atoms with Crippen LogP contribution in [0.1, 0.15) is 61.9 Å². The molecule has 1 aromatic heterocycles. The monoisotopic (exact) mass is 467 g/mol. The Kier molecular flexibility index (Phi) is 13.2. The number of fused-ring (bicyclic) bond motifs is 2. The molecule has 0 spiro atoms. The largest absolute Gasteiger partial charge is 0.371 e. The fourth-order valence-corrected chi connectivity index (χ4v) is 4.96. The van der Waals surface area contributed by atoms with Crippen LogP contribution in [0.2, 0.25) is 0 Å². The lowest BCUT2D eigenvalue weighted by atomic mass is 9.96. The molecule has 1 saturated heterocycles. The van der Waals surface area contributed by atoms with Gasteiger partial charge in [0, 0.05) is 43.3 Å². The average molecular weight is 468 g/mol. The summed E-state index contributed by atoms with van der Waals surface area (Å²) < 4.78 is 0. The molecule has 0 amide bonds. The number of benzene rings is 1. The number of aryl methyl sites for hydroxylation is 2. The lowest BCUT2D eigenvalue weighted by Gasteiger charge is -2.38. The molecule has 5 rings (SSSR count). The van der Waals surface area contributed by atoms with E-state index in [1.807, 2.05) is 40.2 Å². The van der Waals surface area contributed by atoms with Crippen molar-refractivity contribution in [3.05, 3.63) is 58.9 Å². The maximum absolute atomic E-state index is 4.32. The number of rotatable bonds is 2. The third-order valence-corrected chi connectivity index (χ3v) is 6.75. The number of nitrogens with zero attached hydrogens (tertiary/aromatic N) is 3. The maximum atomic E-state index is 4.32. The van der Waals surface area contributed by atoms with Gasteiger partial charge in [0.1, 0.15) is 0 Å². The number of anilines is 1. The zero-order valence-electron chi connectivity index (χ0n) is 22.7. The summed E-state index contributed by atoms with van der Waals surface area (Å²) in [6.07, 6.45) is 10.7. The number of hydrogen-bond acceptors (Lipinski definition) is 5. The molecule has 3 heterocycles. The van der Waals surface area contributed by atoms with Crippen molar-refractivity contribution < 1.29 is 0 Å². The molecule has 0 saturated carbocycles. The predicted molar refractivity (Wildman–Crippen MR) is 148 cm³/mol. The minimum absolute atomic E-state index is 0.762. The van der Waals surface area contributed by atoms with E-state index in [0.717, 1.165) is 19.1 Å². The van der Waals surface area contributed by atoms with Crippen LogP contribution in [0.3, 0.4) is 0 Å². The van der Waals surface area contributed by atoms with E-state index < -0.39 is 0 Å². The van der Waals surface area contributed by atoms with Crippen LogP contribution >= 0.6 is 0 Å². The van der Waals surface area contributed by atoms with Crippen LogP contribution in [0.4, 0.5) is 5.69 Å². The molecule has 5 nitrogen and oxygen atoms in total. The standard InChI is InChI=1S/C16H25N3.C9H11N.C2H7N.C2H6/c1-18(2)14-7-10-19(11-8-14)16-5-3-4-13-12-17-9-6-15(13)16;1-2-6-9-8(4-1)5-3-7-10-9;1-3-2;1-2/h3-5,14,17H,6-12H2,1-2H3;3,5,7H,1-2,4,6H2;3H,1-2H3;1-2H3. The minimum atomic E-state index is 0.762. The van der Waals surface area contributed by atoms with Gasteiger partial charge in [-0.3, -0.25) is 4.98 Å². The van der Waals surface area contributed by atoms with Gasteiger partial charge in [-0.25, -0.2) is 0 Å². The van der Waals surface area contributed by atoms with Gasteiger partial charge in [0.15, 0.2) is 0 Å². The van der Waals surface area contributed by atoms with E-state index >= 15 is 0 Å². The van der Waals surface area contributed by atoms with Crippen LogP contribution in [0.25, 0.3) is 0 Å². The topological polar surface area (TPSA) is 43.4 Å². The van der Waals surface area contributed by atoms with E-state index in [1.165, 1.54) is 80.5 Å². The zero-order chi connectivity index (χ0) is 24.8. The van der Waals surface area contributed by atoms with Gasteiger partial charge < -0.3 is 20.4 Å². The Morgan fingerprint density at radius 2 is 1.62 bits per heavy atom. The van der Waals surface area contributed by atoms with Gasteiger partial charge in [-0.1, -0.05) is 32.0 Å². The summed E-state index contributed by atoms with van der Waals surface area (Å²) in [5.41, 5.74) is 7.38. The van der Waals surface area contributed by atoms with Crippen LogP contribution in [0.5, 0.6) is 0 Å². The molecule has 2 aliphatic heterocycles. The molecule has 190 valence electrons. The summed E-state index contributed by atoms with van der Waals surface area (Å²) in [5, 5.41) is 6.22. The summed E-state index contributed by atoms with van der Waals surface area (Å²) in [7, 11) is 8.16. The number of pyridine rings is 1. The van der Waals surface area contributed by atoms with Crippen LogP contribution in [0.15, 0.2) is 36.5 Å². The van der Waals surface area contributed by atoms with Crippen molar-refractivity contribution in [3.8, 4) is 0 Å². The van der Waals surface area contributed by atoms with Gasteiger partial charge in [0.05, 0.1) is 0 Å². The Balaban J connectivity index is 0.000000228. The normalized spacial score (nSPS) is 17.1. The maximum Gasteiger partial charge on any atom is 0.0435 e. The quantitative estimate of drug-likeness (QED) is 0.671. The third-order valence-electron chi connectivity index (χ3n) is 6.75. The molecule has 0 atom stereocenters. The fourth-order valence-electron chi connectivity index (χ4n) is 4.96. The minimum Gasteiger partial charge on any atom is -0.371 e. The van der Waals surface area contributed by atoms with E-state index in [-0.39, 0.29) is 0 Å². The Hall–Kier alpha value is -1.95. The van der Waals surface area contributed by atoms with Crippen molar-refractivity contribution in [2.45, 2.75) is 71.4 Å². The number of hydrogen-bond donors (Lipinski definition) is 2. The summed E-state index contributed by atoms with van der Waals surface area (Å²) in [5.74, 6) is 0. The Morgan fingerprint density at radius 3 is 2.29 bits per heavy atom. The highest BCUT2D eigenvalue weighted by Gasteiger charge is 2.23. The van der Waals surface area contributed by atoms with Gasteiger partial charge in [-0.05, 0) is 109 Å². The van der Waals surface area contributed by atoms with E-state index in [4.69, 9.17) is 0 Å². The first-order chi connectivity index (χ1) is 16.6. The van der Waals surface area contributed by atoms with E-state index in [0.29, 0.717) is 0 Å². The molecule has 2 N–H and O–H groups in total. The molecule has 34 heavy (non-hydrogen) atoms. The van der Waals surface area contributed by atoms with Crippen molar-refractivity contribution in [2.24, 2.45) is 0 Å². The second-order valence-corrected chi connectivity index (χ2v) is 9.34. The Morgan fingerprint density at radius 1 is 0.941 bits per heavy atom. The van der Waals surface area contributed by atoms with Crippen molar-refractivity contribution in [1.82, 2.24) is 20.5 Å². The summed E-state index contributed by atoms with van der Waals surface area (Å²) in [4.78, 5) is 9.30. The first-order valence-electron chi connectivity index (χ1n) is 13.4. The lowest BCUT2D eigenvalue weighted by Crippen LogP contribution is -2.42. The van der Waals surface area contributed by atoms with Crippen LogP contribution in [-0.2, 0) is 25.8 Å². The third kappa shape index (κ3) is 8.37. The van der Waals surface area contributed by atoms with Gasteiger partial charge in [0.25, 0.3) is 0 Å². The molecule has 1 fully saturated rings. The lowest BCUT2D eigenvalue weighted by molar-refractivity contribution is 0.249. The van der Waals surface area contributed by atoms with Crippen molar-refractivity contribution in [3.63, 3.8) is 0 Å². The molecule has 1 aromatic carbocycles. The Labute approximate surface area is 209 Å².